The van der Waals surface area contributed by atoms with Crippen molar-refractivity contribution in [2.45, 2.75) is 89.8 Å². The Morgan fingerprint density at radius 1 is 1.05 bits per heavy atom. The third kappa shape index (κ3) is 8.99. The number of para-hydroxylation sites is 1. The normalized spacial score (nSPS) is 26.8. The first-order valence-corrected chi connectivity index (χ1v) is 21.3. The number of ether oxygens (including phenoxy) is 1. The van der Waals surface area contributed by atoms with Crippen LogP contribution in [0.25, 0.3) is 11.1 Å². The van der Waals surface area contributed by atoms with Crippen LogP contribution in [0.15, 0.2) is 78.9 Å². The molecule has 0 radical (unpaired) electrons. The molecule has 2 heterocycles. The highest BCUT2D eigenvalue weighted by Gasteiger charge is 2.52. The Labute approximate surface area is 344 Å². The number of aliphatic hydroxyl groups is 2. The van der Waals surface area contributed by atoms with E-state index in [9.17, 15) is 19.8 Å². The van der Waals surface area contributed by atoms with Crippen LogP contribution >= 0.6 is 0 Å². The second-order valence-electron chi connectivity index (χ2n) is 17.2. The van der Waals surface area contributed by atoms with Crippen LogP contribution in [-0.2, 0) is 22.6 Å². The van der Waals surface area contributed by atoms with Crippen molar-refractivity contribution in [1.29, 1.82) is 0 Å². The lowest BCUT2D eigenvalue weighted by Gasteiger charge is -2.52. The number of likely N-dealkylation sites (tertiary alicyclic amines) is 1. The lowest BCUT2D eigenvalue weighted by molar-refractivity contribution is -0.182. The van der Waals surface area contributed by atoms with Gasteiger partial charge in [0, 0.05) is 61.0 Å². The van der Waals surface area contributed by atoms with Crippen LogP contribution < -0.4 is 20.3 Å². The number of carbonyl (C=O) groups excluding carboxylic acids is 2. The molecule has 2 saturated heterocycles. The fourth-order valence-corrected chi connectivity index (χ4v) is 9.87. The first-order valence-electron chi connectivity index (χ1n) is 21.3. The second-order valence-corrected chi connectivity index (χ2v) is 17.2. The molecule has 3 saturated carbocycles. The standard InChI is InChI=1S/C47H63N5O6/c1-7-57-45-33(26-52-44(43(31(4)54)42(28-53)58-52)47(56)49-41-25-34-24-40(29(34)2)30(41)3)16-13-17-39(45)35-21-36(23-38(22-35)50(5)6)46(55)48-37(27-51-18-11-12-19-51)20-32-14-9-8-10-15-32/h8-10,13-17,21-23,30-31,34,37,40-44,53-54H,2,7,11-12,18-20,24-28H2,1,3-6H3,(H,48,55)(H,49,56)/t30-,31-,34+,37-,40+,41-,42-,43+,44-/m0/s1. The molecule has 312 valence electrons. The van der Waals surface area contributed by atoms with E-state index in [1.54, 1.807) is 12.0 Å². The fraction of sp³-hybridized carbons (Fsp3) is 0.532. The third-order valence-corrected chi connectivity index (χ3v) is 13.1. The highest BCUT2D eigenvalue weighted by atomic mass is 16.7. The number of nitrogens with one attached hydrogen (secondary N) is 2. The number of anilines is 1. The summed E-state index contributed by atoms with van der Waals surface area (Å²) in [6, 6.07) is 21.2. The Balaban J connectivity index is 1.17. The van der Waals surface area contributed by atoms with Gasteiger partial charge in [0.2, 0.25) is 5.91 Å². The van der Waals surface area contributed by atoms with Crippen molar-refractivity contribution in [2.75, 3.05) is 51.8 Å². The summed E-state index contributed by atoms with van der Waals surface area (Å²) >= 11 is 0. The van der Waals surface area contributed by atoms with E-state index in [4.69, 9.17) is 9.57 Å². The minimum atomic E-state index is -0.909. The van der Waals surface area contributed by atoms with Crippen LogP contribution in [-0.4, -0.2) is 109 Å². The van der Waals surface area contributed by atoms with Crippen LogP contribution in [0.4, 0.5) is 5.69 Å². The molecule has 8 rings (SSSR count). The maximum Gasteiger partial charge on any atom is 0.251 e. The van der Waals surface area contributed by atoms with Crippen LogP contribution in [0.2, 0.25) is 0 Å². The molecule has 4 N–H and O–H groups in total. The highest BCUT2D eigenvalue weighted by molar-refractivity contribution is 5.97. The number of nitrogens with zero attached hydrogens (tertiary/aromatic N) is 3. The number of rotatable bonds is 16. The number of hydroxylamine groups is 2. The Hall–Kier alpha value is -4.26. The minimum Gasteiger partial charge on any atom is -0.493 e. The van der Waals surface area contributed by atoms with Crippen molar-refractivity contribution in [3.8, 4) is 16.9 Å². The van der Waals surface area contributed by atoms with Crippen molar-refractivity contribution in [3.05, 3.63) is 95.6 Å². The smallest absolute Gasteiger partial charge is 0.251 e. The van der Waals surface area contributed by atoms with Gasteiger partial charge in [-0.3, -0.25) is 14.4 Å². The lowest BCUT2D eigenvalue weighted by Crippen LogP contribution is -2.57. The fourth-order valence-electron chi connectivity index (χ4n) is 9.87. The molecule has 58 heavy (non-hydrogen) atoms. The molecule has 11 nitrogen and oxygen atoms in total. The minimum absolute atomic E-state index is 0.00190. The maximum absolute atomic E-state index is 14.3. The number of allylic oxidation sites excluding steroid dienone is 1. The van der Waals surface area contributed by atoms with Crippen molar-refractivity contribution >= 4 is 17.5 Å². The number of hydrogen-bond acceptors (Lipinski definition) is 9. The molecule has 3 aliphatic carbocycles. The number of hydrogen-bond donors (Lipinski definition) is 4. The van der Waals surface area contributed by atoms with Gasteiger partial charge in [-0.15, -0.1) is 0 Å². The van der Waals surface area contributed by atoms with Gasteiger partial charge in [-0.25, -0.2) is 0 Å². The molecule has 3 aromatic rings. The Kier molecular flexibility index (Phi) is 13.2. The largest absolute Gasteiger partial charge is 0.493 e. The van der Waals surface area contributed by atoms with Gasteiger partial charge < -0.3 is 35.4 Å². The molecule has 0 spiro atoms. The van der Waals surface area contributed by atoms with Crippen molar-refractivity contribution in [2.24, 2.45) is 23.7 Å². The van der Waals surface area contributed by atoms with Crippen molar-refractivity contribution in [3.63, 3.8) is 0 Å². The van der Waals surface area contributed by atoms with E-state index >= 15 is 0 Å². The van der Waals surface area contributed by atoms with Crippen LogP contribution in [0.1, 0.15) is 67.9 Å². The average Bonchev–Trinajstić information content (AvgIpc) is 3.87. The molecular weight excluding hydrogens is 731 g/mol. The predicted octanol–water partition coefficient (Wildman–Crippen LogP) is 5.45. The van der Waals surface area contributed by atoms with Gasteiger partial charge in [0.15, 0.2) is 0 Å². The van der Waals surface area contributed by atoms with Gasteiger partial charge in [0.05, 0.1) is 25.9 Å². The van der Waals surface area contributed by atoms with E-state index < -0.39 is 24.2 Å². The third-order valence-electron chi connectivity index (χ3n) is 13.1. The number of aliphatic hydroxyl groups excluding tert-OH is 2. The van der Waals surface area contributed by atoms with E-state index in [-0.39, 0.29) is 43.0 Å². The van der Waals surface area contributed by atoms with Crippen LogP contribution in [0, 0.1) is 23.7 Å². The topological polar surface area (TPSA) is 127 Å². The average molecular weight is 794 g/mol. The summed E-state index contributed by atoms with van der Waals surface area (Å²) in [6.07, 6.45) is 3.41. The molecule has 0 aromatic heterocycles. The summed E-state index contributed by atoms with van der Waals surface area (Å²) in [5, 5.41) is 29.7. The predicted molar refractivity (Wildman–Crippen MR) is 227 cm³/mol. The van der Waals surface area contributed by atoms with E-state index in [1.807, 2.05) is 74.4 Å². The van der Waals surface area contributed by atoms with Gasteiger partial charge in [-0.2, -0.15) is 5.06 Å². The summed E-state index contributed by atoms with van der Waals surface area (Å²) in [5.41, 5.74) is 6.30. The van der Waals surface area contributed by atoms with Gasteiger partial charge >= 0.3 is 0 Å². The van der Waals surface area contributed by atoms with Gasteiger partial charge in [-0.1, -0.05) is 67.6 Å². The molecule has 2 aliphatic heterocycles. The molecule has 5 aliphatic rings. The highest BCUT2D eigenvalue weighted by Crippen LogP contribution is 2.52. The lowest BCUT2D eigenvalue weighted by atomic mass is 9.56. The number of benzene rings is 3. The second kappa shape index (κ2) is 18.3. The molecular formula is C47H63N5O6. The van der Waals surface area contributed by atoms with Crippen LogP contribution in [0.5, 0.6) is 5.75 Å². The van der Waals surface area contributed by atoms with E-state index in [2.05, 4.69) is 47.2 Å². The monoisotopic (exact) mass is 793 g/mol. The molecule has 3 aromatic carbocycles. The number of fused-ring (bicyclic) bond motifs is 2. The van der Waals surface area contributed by atoms with E-state index in [0.29, 0.717) is 29.8 Å². The van der Waals surface area contributed by atoms with Gasteiger partial charge in [-0.05, 0) is 106 Å². The summed E-state index contributed by atoms with van der Waals surface area (Å²) in [6.45, 7) is 13.1. The zero-order valence-electron chi connectivity index (χ0n) is 34.9. The summed E-state index contributed by atoms with van der Waals surface area (Å²) in [7, 11) is 3.93. The Bertz CT molecular complexity index is 1910. The number of carbonyl (C=O) groups is 2. The van der Waals surface area contributed by atoms with Crippen LogP contribution in [0.3, 0.4) is 0 Å². The zero-order valence-corrected chi connectivity index (χ0v) is 34.9. The van der Waals surface area contributed by atoms with E-state index in [0.717, 1.165) is 61.3 Å². The molecule has 2 bridgehead atoms. The Morgan fingerprint density at radius 2 is 1.81 bits per heavy atom. The molecule has 2 amide bonds. The Morgan fingerprint density at radius 3 is 2.47 bits per heavy atom. The maximum atomic E-state index is 14.3. The zero-order chi connectivity index (χ0) is 41.1. The van der Waals surface area contributed by atoms with Crippen molar-refractivity contribution < 1.29 is 29.4 Å². The molecule has 9 atom stereocenters. The molecule has 11 heteroatoms. The number of amides is 2. The summed E-state index contributed by atoms with van der Waals surface area (Å²) in [5.74, 6) is 0.725. The summed E-state index contributed by atoms with van der Waals surface area (Å²) < 4.78 is 6.41. The van der Waals surface area contributed by atoms with E-state index in [1.165, 1.54) is 24.0 Å². The van der Waals surface area contributed by atoms with Crippen molar-refractivity contribution in [1.82, 2.24) is 20.6 Å². The summed E-state index contributed by atoms with van der Waals surface area (Å²) in [4.78, 5) is 39.3. The molecule has 5 fully saturated rings. The first-order chi connectivity index (χ1) is 27.9. The molecule has 0 unspecified atom stereocenters. The van der Waals surface area contributed by atoms with Gasteiger partial charge in [0.25, 0.3) is 5.91 Å². The first kappa shape index (κ1) is 41.9. The quantitative estimate of drug-likeness (QED) is 0.140. The SMILES string of the molecule is C=C1[C@H]2C[C@H](NC(=O)[C@@H]3[C@H]([C@H](C)O)[C@H](CO)ON3Cc3cccc(-c4cc(C(=O)N[C@@H](Cc5ccccc5)CN5CCCC5)cc(N(C)C)c4)c3OCC)[C@@H](C)[C@@H]1C2. The van der Waals surface area contributed by atoms with Gasteiger partial charge in [0.1, 0.15) is 17.9 Å².